The highest BCUT2D eigenvalue weighted by atomic mass is 35.5. The average Bonchev–Trinajstić information content (AvgIpc) is 2.25. The molecule has 0 aliphatic rings. The number of hydrogen-bond donors (Lipinski definition) is 2. The summed E-state index contributed by atoms with van der Waals surface area (Å²) in [5, 5.41) is 10.4. The molecule has 0 aliphatic heterocycles. The summed E-state index contributed by atoms with van der Waals surface area (Å²) in [6.07, 6.45) is -0.674. The van der Waals surface area contributed by atoms with E-state index in [-0.39, 0.29) is 13.2 Å². The van der Waals surface area contributed by atoms with Crippen molar-refractivity contribution in [2.24, 2.45) is 0 Å². The Bertz CT molecular complexity index is 336. The Labute approximate surface area is 104 Å². The largest absolute Gasteiger partial charge is 0.489 e. The summed E-state index contributed by atoms with van der Waals surface area (Å²) in [6.45, 7) is 0.402. The zero-order valence-corrected chi connectivity index (χ0v) is 10.3. The first-order valence-corrected chi connectivity index (χ1v) is 5.41. The fourth-order valence-corrected chi connectivity index (χ4v) is 1.48. The van der Waals surface area contributed by atoms with E-state index in [0.29, 0.717) is 15.8 Å². The molecule has 0 fully saturated rings. The molecule has 0 aromatic heterocycles. The van der Waals surface area contributed by atoms with Gasteiger partial charge in [-0.25, -0.2) is 5.48 Å². The van der Waals surface area contributed by atoms with Gasteiger partial charge in [-0.05, 0) is 18.2 Å². The van der Waals surface area contributed by atoms with Crippen molar-refractivity contribution in [2.45, 2.75) is 6.10 Å². The number of benzene rings is 1. The van der Waals surface area contributed by atoms with Crippen LogP contribution in [0.5, 0.6) is 5.75 Å². The van der Waals surface area contributed by atoms with Gasteiger partial charge in [0.15, 0.2) is 0 Å². The van der Waals surface area contributed by atoms with Crippen LogP contribution < -0.4 is 10.2 Å². The second kappa shape index (κ2) is 6.93. The van der Waals surface area contributed by atoms with Crippen molar-refractivity contribution in [3.63, 3.8) is 0 Å². The van der Waals surface area contributed by atoms with Gasteiger partial charge in [-0.1, -0.05) is 23.2 Å². The lowest BCUT2D eigenvalue weighted by Gasteiger charge is -2.13. The molecule has 0 saturated heterocycles. The third-order valence-electron chi connectivity index (χ3n) is 1.79. The SMILES string of the molecule is CONCC(O)COc1ccc(Cl)cc1Cl. The summed E-state index contributed by atoms with van der Waals surface area (Å²) >= 11 is 11.6. The number of hydrogen-bond acceptors (Lipinski definition) is 4. The number of nitrogens with one attached hydrogen (secondary N) is 1. The van der Waals surface area contributed by atoms with Gasteiger partial charge < -0.3 is 14.7 Å². The Balaban J connectivity index is 2.42. The van der Waals surface area contributed by atoms with Crippen LogP contribution in [-0.2, 0) is 4.84 Å². The van der Waals surface area contributed by atoms with Crippen LogP contribution in [0.4, 0.5) is 0 Å². The molecule has 1 atom stereocenters. The van der Waals surface area contributed by atoms with Gasteiger partial charge in [0.25, 0.3) is 0 Å². The average molecular weight is 266 g/mol. The molecule has 1 rings (SSSR count). The van der Waals surface area contributed by atoms with Crippen LogP contribution in [0.25, 0.3) is 0 Å². The Hall–Kier alpha value is -0.520. The number of hydroxylamine groups is 1. The van der Waals surface area contributed by atoms with E-state index in [0.717, 1.165) is 0 Å². The molecule has 1 aromatic carbocycles. The molecule has 0 aliphatic carbocycles. The van der Waals surface area contributed by atoms with E-state index in [1.165, 1.54) is 7.11 Å². The minimum atomic E-state index is -0.674. The summed E-state index contributed by atoms with van der Waals surface area (Å²) in [7, 11) is 1.48. The first-order valence-electron chi connectivity index (χ1n) is 4.65. The lowest BCUT2D eigenvalue weighted by molar-refractivity contribution is 0.0322. The lowest BCUT2D eigenvalue weighted by Crippen LogP contribution is -2.30. The molecule has 0 heterocycles. The third kappa shape index (κ3) is 4.55. The molecule has 0 saturated carbocycles. The summed E-state index contributed by atoms with van der Waals surface area (Å²) in [6, 6.07) is 4.90. The monoisotopic (exact) mass is 265 g/mol. The van der Waals surface area contributed by atoms with E-state index >= 15 is 0 Å². The van der Waals surface area contributed by atoms with E-state index in [2.05, 4.69) is 10.3 Å². The molecule has 2 N–H and O–H groups in total. The normalized spacial score (nSPS) is 12.5. The minimum absolute atomic E-state index is 0.123. The molecule has 4 nitrogen and oxygen atoms in total. The van der Waals surface area contributed by atoms with Crippen molar-refractivity contribution in [2.75, 3.05) is 20.3 Å². The van der Waals surface area contributed by atoms with Crippen LogP contribution in [0, 0.1) is 0 Å². The maximum atomic E-state index is 9.45. The van der Waals surface area contributed by atoms with Gasteiger partial charge in [-0.3, -0.25) is 0 Å². The van der Waals surface area contributed by atoms with Crippen LogP contribution in [0.3, 0.4) is 0 Å². The number of aliphatic hydroxyl groups is 1. The molecule has 1 aromatic rings. The molecule has 0 bridgehead atoms. The summed E-state index contributed by atoms with van der Waals surface area (Å²) < 4.78 is 5.31. The van der Waals surface area contributed by atoms with Gasteiger partial charge in [-0.2, -0.15) is 0 Å². The number of aliphatic hydroxyl groups excluding tert-OH is 1. The molecule has 90 valence electrons. The molecular weight excluding hydrogens is 253 g/mol. The maximum Gasteiger partial charge on any atom is 0.138 e. The van der Waals surface area contributed by atoms with Gasteiger partial charge in [0.1, 0.15) is 18.5 Å². The summed E-state index contributed by atoms with van der Waals surface area (Å²) in [5.41, 5.74) is 2.52. The zero-order chi connectivity index (χ0) is 12.0. The van der Waals surface area contributed by atoms with E-state index in [4.69, 9.17) is 27.9 Å². The minimum Gasteiger partial charge on any atom is -0.489 e. The second-order valence-corrected chi connectivity index (χ2v) is 3.94. The Morgan fingerprint density at radius 3 is 2.81 bits per heavy atom. The molecule has 0 radical (unpaired) electrons. The summed E-state index contributed by atoms with van der Waals surface area (Å²) in [5.74, 6) is 0.488. The molecular formula is C10H13Cl2NO3. The first-order chi connectivity index (χ1) is 7.63. The van der Waals surface area contributed by atoms with Gasteiger partial charge in [0.05, 0.1) is 18.7 Å². The predicted molar refractivity (Wildman–Crippen MR) is 63.0 cm³/mol. The Morgan fingerprint density at radius 2 is 2.19 bits per heavy atom. The topological polar surface area (TPSA) is 50.7 Å². The van der Waals surface area contributed by atoms with E-state index in [1.54, 1.807) is 18.2 Å². The molecule has 0 spiro atoms. The quantitative estimate of drug-likeness (QED) is 0.772. The van der Waals surface area contributed by atoms with Crippen molar-refractivity contribution in [1.29, 1.82) is 0 Å². The second-order valence-electron chi connectivity index (χ2n) is 3.09. The van der Waals surface area contributed by atoms with Crippen molar-refractivity contribution in [3.05, 3.63) is 28.2 Å². The van der Waals surface area contributed by atoms with E-state index in [9.17, 15) is 5.11 Å². The molecule has 0 amide bonds. The number of rotatable bonds is 6. The van der Waals surface area contributed by atoms with E-state index < -0.39 is 6.10 Å². The van der Waals surface area contributed by atoms with Crippen LogP contribution in [0.1, 0.15) is 0 Å². The van der Waals surface area contributed by atoms with E-state index in [1.807, 2.05) is 0 Å². The predicted octanol–water partition coefficient (Wildman–Crippen LogP) is 1.88. The van der Waals surface area contributed by atoms with Gasteiger partial charge in [0, 0.05) is 5.02 Å². The van der Waals surface area contributed by atoms with Crippen molar-refractivity contribution in [3.8, 4) is 5.75 Å². The zero-order valence-electron chi connectivity index (χ0n) is 8.74. The highest BCUT2D eigenvalue weighted by molar-refractivity contribution is 6.35. The van der Waals surface area contributed by atoms with Crippen LogP contribution in [0.2, 0.25) is 10.0 Å². The van der Waals surface area contributed by atoms with Crippen LogP contribution in [0.15, 0.2) is 18.2 Å². The highest BCUT2D eigenvalue weighted by Gasteiger charge is 2.07. The fourth-order valence-electron chi connectivity index (χ4n) is 1.02. The van der Waals surface area contributed by atoms with Gasteiger partial charge in [-0.15, -0.1) is 0 Å². The molecule has 1 unspecified atom stereocenters. The summed E-state index contributed by atoms with van der Waals surface area (Å²) in [4.78, 5) is 4.59. The van der Waals surface area contributed by atoms with Crippen molar-refractivity contribution >= 4 is 23.2 Å². The highest BCUT2D eigenvalue weighted by Crippen LogP contribution is 2.27. The van der Waals surface area contributed by atoms with Crippen molar-refractivity contribution < 1.29 is 14.7 Å². The molecule has 6 heteroatoms. The number of ether oxygens (including phenoxy) is 1. The van der Waals surface area contributed by atoms with Gasteiger partial charge in [0.2, 0.25) is 0 Å². The van der Waals surface area contributed by atoms with Crippen LogP contribution in [-0.4, -0.2) is 31.5 Å². The van der Waals surface area contributed by atoms with Crippen molar-refractivity contribution in [1.82, 2.24) is 5.48 Å². The van der Waals surface area contributed by atoms with Crippen LogP contribution >= 0.6 is 23.2 Å². The van der Waals surface area contributed by atoms with Gasteiger partial charge >= 0.3 is 0 Å². The standard InChI is InChI=1S/C10H13Cl2NO3/c1-15-13-5-8(14)6-16-10-3-2-7(11)4-9(10)12/h2-4,8,13-14H,5-6H2,1H3. The Morgan fingerprint density at radius 1 is 1.44 bits per heavy atom. The fraction of sp³-hybridized carbons (Fsp3) is 0.400. The lowest BCUT2D eigenvalue weighted by atomic mass is 10.3. The Kier molecular flexibility index (Phi) is 5.87. The third-order valence-corrected chi connectivity index (χ3v) is 2.32. The maximum absolute atomic E-state index is 9.45. The number of halogens is 2. The first kappa shape index (κ1) is 13.5. The molecule has 16 heavy (non-hydrogen) atoms. The smallest absolute Gasteiger partial charge is 0.138 e.